The number of halogens is 1. The van der Waals surface area contributed by atoms with Gasteiger partial charge in [-0.1, -0.05) is 40.9 Å². The lowest BCUT2D eigenvalue weighted by molar-refractivity contribution is -0.122. The van der Waals surface area contributed by atoms with Gasteiger partial charge in [-0.25, -0.2) is 14.5 Å². The highest BCUT2D eigenvalue weighted by atomic mass is 35.5. The van der Waals surface area contributed by atoms with Crippen molar-refractivity contribution in [1.82, 2.24) is 5.32 Å². The molecule has 3 aromatic rings. The van der Waals surface area contributed by atoms with E-state index in [9.17, 15) is 19.2 Å². The van der Waals surface area contributed by atoms with Crippen LogP contribution in [0.3, 0.4) is 0 Å². The molecule has 1 fully saturated rings. The Kier molecular flexibility index (Phi) is 8.01. The number of hydrogen-bond donors (Lipinski definition) is 2. The van der Waals surface area contributed by atoms with Gasteiger partial charge in [0.05, 0.1) is 22.9 Å². The summed E-state index contributed by atoms with van der Waals surface area (Å²) in [6.07, 6.45) is 1.30. The summed E-state index contributed by atoms with van der Waals surface area (Å²) in [5, 5.41) is 11.4. The number of aryl methyl sites for hydroxylation is 2. The van der Waals surface area contributed by atoms with Crippen LogP contribution in [0.5, 0.6) is 11.5 Å². The summed E-state index contributed by atoms with van der Waals surface area (Å²) in [4.78, 5) is 50.2. The number of urea groups is 1. The van der Waals surface area contributed by atoms with Crippen molar-refractivity contribution in [3.63, 3.8) is 0 Å². The Morgan fingerprint density at radius 2 is 1.67 bits per heavy atom. The molecule has 3 aromatic carbocycles. The van der Waals surface area contributed by atoms with Crippen molar-refractivity contribution in [2.75, 3.05) is 11.5 Å². The lowest BCUT2D eigenvalue weighted by atomic mass is 10.1. The van der Waals surface area contributed by atoms with Gasteiger partial charge in [0, 0.05) is 0 Å². The van der Waals surface area contributed by atoms with E-state index in [1.54, 1.807) is 13.0 Å². The summed E-state index contributed by atoms with van der Waals surface area (Å²) in [6, 6.07) is 13.4. The van der Waals surface area contributed by atoms with Gasteiger partial charge in [0.1, 0.15) is 12.2 Å². The van der Waals surface area contributed by atoms with Gasteiger partial charge in [0.25, 0.3) is 11.8 Å². The minimum Gasteiger partial charge on any atom is -0.490 e. The fourth-order valence-electron chi connectivity index (χ4n) is 4.19. The number of carboxylic acid groups (broad SMARTS) is 1. The molecule has 0 saturated carbocycles. The average molecular weight is 549 g/mol. The molecule has 9 nitrogen and oxygen atoms in total. The Balaban J connectivity index is 1.65. The number of ether oxygens (including phenoxy) is 2. The number of carbonyl (C=O) groups is 4. The van der Waals surface area contributed by atoms with Crippen molar-refractivity contribution in [2.24, 2.45) is 0 Å². The van der Waals surface area contributed by atoms with E-state index in [2.05, 4.69) is 11.4 Å². The van der Waals surface area contributed by atoms with Crippen LogP contribution in [0.25, 0.3) is 6.08 Å². The summed E-state index contributed by atoms with van der Waals surface area (Å²) in [5.74, 6) is -2.28. The molecule has 1 aliphatic heterocycles. The molecule has 0 unspecified atom stereocenters. The van der Waals surface area contributed by atoms with Gasteiger partial charge in [0.2, 0.25) is 0 Å². The van der Waals surface area contributed by atoms with Crippen LogP contribution in [0.2, 0.25) is 5.02 Å². The van der Waals surface area contributed by atoms with Crippen LogP contribution in [0, 0.1) is 13.8 Å². The molecule has 2 N–H and O–H groups in total. The van der Waals surface area contributed by atoms with Crippen LogP contribution in [-0.4, -0.2) is 35.5 Å². The number of barbiturate groups is 1. The van der Waals surface area contributed by atoms with Gasteiger partial charge in [-0.3, -0.25) is 14.9 Å². The first-order valence-corrected chi connectivity index (χ1v) is 12.4. The van der Waals surface area contributed by atoms with Crippen LogP contribution in [0.15, 0.2) is 60.2 Å². The second kappa shape index (κ2) is 11.4. The third kappa shape index (κ3) is 6.10. The maximum absolute atomic E-state index is 13.2. The first-order chi connectivity index (χ1) is 18.6. The Morgan fingerprint density at radius 1 is 1.00 bits per heavy atom. The molecule has 0 bridgehead atoms. The van der Waals surface area contributed by atoms with E-state index in [-0.39, 0.29) is 28.5 Å². The molecular formula is C29H25ClN2O7. The quantitative estimate of drug-likeness (QED) is 0.289. The van der Waals surface area contributed by atoms with Crippen LogP contribution in [-0.2, 0) is 16.2 Å². The number of aromatic carboxylic acids is 1. The van der Waals surface area contributed by atoms with Gasteiger partial charge in [-0.2, -0.15) is 0 Å². The molecule has 0 spiro atoms. The van der Waals surface area contributed by atoms with Crippen LogP contribution in [0.1, 0.15) is 39.5 Å². The monoisotopic (exact) mass is 548 g/mol. The van der Waals surface area contributed by atoms with Crippen molar-refractivity contribution in [1.29, 1.82) is 0 Å². The van der Waals surface area contributed by atoms with E-state index in [0.29, 0.717) is 23.7 Å². The fourth-order valence-corrected chi connectivity index (χ4v) is 4.47. The third-order valence-corrected chi connectivity index (χ3v) is 6.06. The van der Waals surface area contributed by atoms with Crippen LogP contribution >= 0.6 is 11.6 Å². The minimum absolute atomic E-state index is 0.0200. The molecular weight excluding hydrogens is 524 g/mol. The highest BCUT2D eigenvalue weighted by molar-refractivity contribution is 6.39. The van der Waals surface area contributed by atoms with Crippen molar-refractivity contribution in [2.45, 2.75) is 27.4 Å². The standard InChI is InChI=1S/C29H25ClN2O7/c1-4-38-24-14-18(13-23(30)25(24)39-15-19-10-16(2)9-17(3)11-19)12-22-26(33)31-29(37)32(27(22)34)21-7-5-20(6-8-21)28(35)36/h5-14H,4,15H2,1-3H3,(H,35,36)(H,31,33,37)/b22-12+. The highest BCUT2D eigenvalue weighted by Gasteiger charge is 2.37. The summed E-state index contributed by atoms with van der Waals surface area (Å²) in [7, 11) is 0. The zero-order chi connectivity index (χ0) is 28.3. The average Bonchev–Trinajstić information content (AvgIpc) is 2.86. The summed E-state index contributed by atoms with van der Waals surface area (Å²) in [5.41, 5.74) is 3.30. The van der Waals surface area contributed by atoms with Gasteiger partial charge in [0.15, 0.2) is 11.5 Å². The normalized spacial score (nSPS) is 14.4. The summed E-state index contributed by atoms with van der Waals surface area (Å²) < 4.78 is 11.7. The number of nitrogens with zero attached hydrogens (tertiary/aromatic N) is 1. The number of benzene rings is 3. The maximum atomic E-state index is 13.2. The second-order valence-electron chi connectivity index (χ2n) is 8.86. The number of carboxylic acids is 1. The number of nitrogens with one attached hydrogen (secondary N) is 1. The number of imide groups is 2. The van der Waals surface area contributed by atoms with Crippen LogP contribution in [0.4, 0.5) is 10.5 Å². The van der Waals surface area contributed by atoms with Gasteiger partial charge in [-0.05, 0) is 74.4 Å². The number of hydrogen-bond acceptors (Lipinski definition) is 6. The van der Waals surface area contributed by atoms with E-state index in [4.69, 9.17) is 26.2 Å². The highest BCUT2D eigenvalue weighted by Crippen LogP contribution is 2.38. The van der Waals surface area contributed by atoms with E-state index < -0.39 is 23.8 Å². The Labute approximate surface area is 229 Å². The second-order valence-corrected chi connectivity index (χ2v) is 9.26. The van der Waals surface area contributed by atoms with E-state index in [0.717, 1.165) is 21.6 Å². The number of rotatable bonds is 8. The Hall–Kier alpha value is -4.63. The van der Waals surface area contributed by atoms with Crippen LogP contribution < -0.4 is 19.7 Å². The third-order valence-electron chi connectivity index (χ3n) is 5.78. The molecule has 200 valence electrons. The molecule has 0 aliphatic carbocycles. The fraction of sp³-hybridized carbons (Fsp3) is 0.172. The molecule has 10 heteroatoms. The Morgan fingerprint density at radius 3 is 2.28 bits per heavy atom. The zero-order valence-corrected chi connectivity index (χ0v) is 22.2. The van der Waals surface area contributed by atoms with Gasteiger partial charge < -0.3 is 14.6 Å². The largest absolute Gasteiger partial charge is 0.490 e. The number of anilines is 1. The zero-order valence-electron chi connectivity index (χ0n) is 21.4. The predicted octanol–water partition coefficient (Wildman–Crippen LogP) is 5.30. The molecule has 1 saturated heterocycles. The Bertz CT molecular complexity index is 1490. The molecule has 1 heterocycles. The van der Waals surface area contributed by atoms with Crippen molar-refractivity contribution in [3.05, 3.63) is 93.0 Å². The maximum Gasteiger partial charge on any atom is 0.335 e. The molecule has 1 aliphatic rings. The molecule has 0 aromatic heterocycles. The smallest absolute Gasteiger partial charge is 0.335 e. The van der Waals surface area contributed by atoms with Crippen molar-refractivity contribution in [3.8, 4) is 11.5 Å². The van der Waals surface area contributed by atoms with E-state index >= 15 is 0 Å². The number of amides is 4. The number of carbonyl (C=O) groups excluding carboxylic acids is 3. The molecule has 39 heavy (non-hydrogen) atoms. The SMILES string of the molecule is CCOc1cc(/C=C2\C(=O)NC(=O)N(c3ccc(C(=O)O)cc3)C2=O)cc(Cl)c1OCc1cc(C)cc(C)c1. The summed E-state index contributed by atoms with van der Waals surface area (Å²) in [6.45, 7) is 6.36. The predicted molar refractivity (Wildman–Crippen MR) is 145 cm³/mol. The first-order valence-electron chi connectivity index (χ1n) is 12.0. The lowest BCUT2D eigenvalue weighted by Gasteiger charge is -2.26. The van der Waals surface area contributed by atoms with Crippen molar-refractivity contribution >= 4 is 47.2 Å². The minimum atomic E-state index is -1.16. The first kappa shape index (κ1) is 27.4. The van der Waals surface area contributed by atoms with Crippen molar-refractivity contribution < 1.29 is 33.8 Å². The summed E-state index contributed by atoms with van der Waals surface area (Å²) >= 11 is 6.55. The lowest BCUT2D eigenvalue weighted by Crippen LogP contribution is -2.54. The van der Waals surface area contributed by atoms with Gasteiger partial charge in [-0.15, -0.1) is 0 Å². The van der Waals surface area contributed by atoms with E-state index in [1.165, 1.54) is 36.4 Å². The molecule has 4 rings (SSSR count). The van der Waals surface area contributed by atoms with Gasteiger partial charge >= 0.3 is 12.0 Å². The topological polar surface area (TPSA) is 122 Å². The molecule has 4 amide bonds. The van der Waals surface area contributed by atoms with E-state index in [1.807, 2.05) is 26.0 Å². The molecule has 0 atom stereocenters. The molecule has 0 radical (unpaired) electrons.